The van der Waals surface area contributed by atoms with Crippen molar-refractivity contribution < 1.29 is 14.7 Å². The van der Waals surface area contributed by atoms with E-state index in [0.29, 0.717) is 10.6 Å². The molecule has 5 nitrogen and oxygen atoms in total. The van der Waals surface area contributed by atoms with E-state index in [1.807, 2.05) is 66.0 Å². The average Bonchev–Trinajstić information content (AvgIpc) is 3.24. The van der Waals surface area contributed by atoms with Crippen LogP contribution in [0.25, 0.3) is 0 Å². The molecule has 2 heterocycles. The van der Waals surface area contributed by atoms with Crippen molar-refractivity contribution in [3.05, 3.63) is 87.6 Å². The maximum atomic E-state index is 13.3. The molecule has 2 aromatic carbocycles. The Morgan fingerprint density at radius 2 is 1.63 bits per heavy atom. The van der Waals surface area contributed by atoms with Crippen molar-refractivity contribution in [2.75, 3.05) is 18.5 Å². The van der Waals surface area contributed by atoms with Gasteiger partial charge in [-0.3, -0.25) is 9.59 Å². The van der Waals surface area contributed by atoms with Crippen LogP contribution in [0.4, 0.5) is 5.69 Å². The molecule has 0 saturated heterocycles. The quantitative estimate of drug-likeness (QED) is 0.639. The molecular weight excluding hydrogens is 360 g/mol. The number of anilines is 1. The molecular formula is C21H18N2O3S. The molecule has 0 saturated carbocycles. The van der Waals surface area contributed by atoms with Crippen molar-refractivity contribution in [1.29, 1.82) is 0 Å². The molecule has 0 aliphatic carbocycles. The lowest BCUT2D eigenvalue weighted by Gasteiger charge is -2.28. The van der Waals surface area contributed by atoms with Crippen LogP contribution in [0.5, 0.6) is 0 Å². The van der Waals surface area contributed by atoms with Gasteiger partial charge in [-0.25, -0.2) is 0 Å². The summed E-state index contributed by atoms with van der Waals surface area (Å²) in [6.07, 6.45) is 0. The zero-order chi connectivity index (χ0) is 18.9. The first kappa shape index (κ1) is 17.5. The molecule has 0 fully saturated rings. The van der Waals surface area contributed by atoms with E-state index in [4.69, 9.17) is 5.11 Å². The molecule has 0 bridgehead atoms. The van der Waals surface area contributed by atoms with Crippen molar-refractivity contribution in [2.45, 2.75) is 5.41 Å². The van der Waals surface area contributed by atoms with Gasteiger partial charge in [-0.2, -0.15) is 0 Å². The second-order valence-corrected chi connectivity index (χ2v) is 7.15. The second-order valence-electron chi connectivity index (χ2n) is 6.27. The van der Waals surface area contributed by atoms with Gasteiger partial charge >= 0.3 is 0 Å². The molecule has 0 unspecified atom stereocenters. The van der Waals surface area contributed by atoms with E-state index in [2.05, 4.69) is 10.6 Å². The van der Waals surface area contributed by atoms with E-state index in [0.717, 1.165) is 16.7 Å². The summed E-state index contributed by atoms with van der Waals surface area (Å²) in [7, 11) is 0. The highest BCUT2D eigenvalue weighted by Crippen LogP contribution is 2.50. The van der Waals surface area contributed by atoms with Crippen LogP contribution >= 0.6 is 11.3 Å². The predicted molar refractivity (Wildman–Crippen MR) is 105 cm³/mol. The summed E-state index contributed by atoms with van der Waals surface area (Å²) in [5.41, 5.74) is 2.04. The Balaban J connectivity index is 1.92. The second kappa shape index (κ2) is 6.98. The van der Waals surface area contributed by atoms with Crippen molar-refractivity contribution >= 4 is 28.8 Å². The van der Waals surface area contributed by atoms with Crippen LogP contribution in [0.15, 0.2) is 66.0 Å². The van der Waals surface area contributed by atoms with E-state index in [1.165, 1.54) is 11.3 Å². The Hall–Kier alpha value is -2.96. The number of nitrogens with one attached hydrogen (secondary N) is 2. The van der Waals surface area contributed by atoms with E-state index in [9.17, 15) is 9.59 Å². The van der Waals surface area contributed by atoms with Crippen molar-refractivity contribution in [3.8, 4) is 0 Å². The predicted octanol–water partition coefficient (Wildman–Crippen LogP) is 2.76. The number of rotatable bonds is 5. The summed E-state index contributed by atoms with van der Waals surface area (Å²) < 4.78 is 0. The first-order valence-corrected chi connectivity index (χ1v) is 9.51. The third-order valence-corrected chi connectivity index (χ3v) is 5.77. The van der Waals surface area contributed by atoms with Crippen LogP contribution in [0, 0.1) is 0 Å². The number of carbonyl (C=O) groups is 2. The summed E-state index contributed by atoms with van der Waals surface area (Å²) in [6.45, 7) is 0.0333. The number of hydrogen-bond acceptors (Lipinski definition) is 4. The fourth-order valence-electron chi connectivity index (χ4n) is 3.62. The first-order valence-electron chi connectivity index (χ1n) is 8.63. The highest BCUT2D eigenvalue weighted by atomic mass is 32.1. The van der Waals surface area contributed by atoms with Gasteiger partial charge < -0.3 is 15.7 Å². The zero-order valence-corrected chi connectivity index (χ0v) is 15.3. The summed E-state index contributed by atoms with van der Waals surface area (Å²) >= 11 is 1.30. The fourth-order valence-corrected chi connectivity index (χ4v) is 4.61. The summed E-state index contributed by atoms with van der Waals surface area (Å²) in [6, 6.07) is 19.2. The molecule has 0 atom stereocenters. The van der Waals surface area contributed by atoms with E-state index < -0.39 is 5.41 Å². The number of thiophene rings is 1. The molecule has 0 radical (unpaired) electrons. The number of amides is 2. The molecule has 6 heteroatoms. The smallest absolute Gasteiger partial charge is 0.263 e. The molecule has 27 heavy (non-hydrogen) atoms. The van der Waals surface area contributed by atoms with Crippen molar-refractivity contribution in [3.63, 3.8) is 0 Å². The van der Waals surface area contributed by atoms with Gasteiger partial charge in [0.05, 0.1) is 12.3 Å². The molecule has 1 aliphatic rings. The number of aliphatic hydroxyl groups excluding tert-OH is 1. The number of hydrogen-bond donors (Lipinski definition) is 3. The standard InChI is InChI=1S/C21H18N2O3S/c24-12-11-22-19(25)18-17-16(13-27-18)21(20(26)23-17,14-7-3-1-4-8-14)15-9-5-2-6-10-15/h1-10,13,24H,11-12H2,(H,22,25)(H,23,26). The van der Waals surface area contributed by atoms with E-state index in [1.54, 1.807) is 0 Å². The van der Waals surface area contributed by atoms with Gasteiger partial charge in [0, 0.05) is 12.1 Å². The third-order valence-electron chi connectivity index (χ3n) is 4.79. The zero-order valence-electron chi connectivity index (χ0n) is 14.4. The van der Waals surface area contributed by atoms with Gasteiger partial charge in [0.15, 0.2) is 0 Å². The minimum absolute atomic E-state index is 0.135. The lowest BCUT2D eigenvalue weighted by molar-refractivity contribution is -0.118. The van der Waals surface area contributed by atoms with Crippen molar-refractivity contribution in [1.82, 2.24) is 5.32 Å². The Labute approximate surface area is 160 Å². The lowest BCUT2D eigenvalue weighted by Crippen LogP contribution is -2.36. The Morgan fingerprint density at radius 3 is 2.19 bits per heavy atom. The minimum atomic E-state index is -0.996. The van der Waals surface area contributed by atoms with Crippen LogP contribution in [-0.4, -0.2) is 30.1 Å². The summed E-state index contributed by atoms with van der Waals surface area (Å²) in [5.74, 6) is -0.471. The maximum absolute atomic E-state index is 13.3. The highest BCUT2D eigenvalue weighted by molar-refractivity contribution is 7.13. The Morgan fingerprint density at radius 1 is 1.04 bits per heavy atom. The first-order chi connectivity index (χ1) is 13.2. The number of carbonyl (C=O) groups excluding carboxylic acids is 2. The summed E-state index contributed by atoms with van der Waals surface area (Å²) in [4.78, 5) is 26.2. The molecule has 3 N–H and O–H groups in total. The van der Waals surface area contributed by atoms with Crippen molar-refractivity contribution in [2.24, 2.45) is 0 Å². The number of benzene rings is 2. The normalized spacial score (nSPS) is 14.5. The average molecular weight is 378 g/mol. The topological polar surface area (TPSA) is 78.4 Å². The van der Waals surface area contributed by atoms with Crippen LogP contribution in [0.2, 0.25) is 0 Å². The monoisotopic (exact) mass is 378 g/mol. The third kappa shape index (κ3) is 2.65. The largest absolute Gasteiger partial charge is 0.395 e. The molecule has 1 aliphatic heterocycles. The molecule has 136 valence electrons. The molecule has 4 rings (SSSR count). The van der Waals surface area contributed by atoms with Crippen LogP contribution in [-0.2, 0) is 10.2 Å². The van der Waals surface area contributed by atoms with Crippen LogP contribution in [0.1, 0.15) is 26.4 Å². The van der Waals surface area contributed by atoms with Gasteiger partial charge in [0.25, 0.3) is 5.91 Å². The molecule has 0 spiro atoms. The molecule has 3 aromatic rings. The molecule has 1 aromatic heterocycles. The van der Waals surface area contributed by atoms with Gasteiger partial charge in [-0.15, -0.1) is 11.3 Å². The fraction of sp³-hybridized carbons (Fsp3) is 0.143. The number of aliphatic hydroxyl groups is 1. The minimum Gasteiger partial charge on any atom is -0.395 e. The van der Waals surface area contributed by atoms with Gasteiger partial charge in [0.1, 0.15) is 10.3 Å². The number of fused-ring (bicyclic) bond motifs is 1. The van der Waals surface area contributed by atoms with Gasteiger partial charge in [0.2, 0.25) is 5.91 Å². The van der Waals surface area contributed by atoms with Crippen LogP contribution < -0.4 is 10.6 Å². The van der Waals surface area contributed by atoms with Gasteiger partial charge in [-0.05, 0) is 16.5 Å². The van der Waals surface area contributed by atoms with Gasteiger partial charge in [-0.1, -0.05) is 60.7 Å². The Kier molecular flexibility index (Phi) is 4.51. The van der Waals surface area contributed by atoms with E-state index >= 15 is 0 Å². The Bertz CT molecular complexity index is 944. The summed E-state index contributed by atoms with van der Waals surface area (Å²) in [5, 5.41) is 16.4. The van der Waals surface area contributed by atoms with Crippen LogP contribution in [0.3, 0.4) is 0 Å². The maximum Gasteiger partial charge on any atom is 0.263 e. The highest BCUT2D eigenvalue weighted by Gasteiger charge is 2.51. The lowest BCUT2D eigenvalue weighted by atomic mass is 9.71. The molecule has 2 amide bonds. The SMILES string of the molecule is O=C(NCCO)c1scc2c1NC(=O)C2(c1ccccc1)c1ccccc1. The van der Waals surface area contributed by atoms with E-state index in [-0.39, 0.29) is 25.0 Å².